The van der Waals surface area contributed by atoms with Crippen molar-refractivity contribution in [3.63, 3.8) is 0 Å². The second-order valence-corrected chi connectivity index (χ2v) is 3.11. The number of Topliss-reactive ketones (excluding diaryl/α,β-unsaturated/α-hetero) is 1. The Kier molecular flexibility index (Phi) is 8.31. The van der Waals surface area contributed by atoms with Crippen molar-refractivity contribution >= 4 is 24.1 Å². The summed E-state index contributed by atoms with van der Waals surface area (Å²) >= 11 is 0. The monoisotopic (exact) mass is 269 g/mol. The first-order valence-electron chi connectivity index (χ1n) is 5.53. The number of ether oxygens (including phenoxy) is 2. The van der Waals surface area contributed by atoms with Gasteiger partial charge in [0.1, 0.15) is 0 Å². The zero-order chi connectivity index (χ0) is 14.7. The highest BCUT2D eigenvalue weighted by Crippen LogP contribution is 1.97. The van der Waals surface area contributed by atoms with Crippen LogP contribution in [0.5, 0.6) is 0 Å². The van der Waals surface area contributed by atoms with Crippen LogP contribution in [0.15, 0.2) is 12.3 Å². The summed E-state index contributed by atoms with van der Waals surface area (Å²) < 4.78 is 9.33. The van der Waals surface area contributed by atoms with Crippen LogP contribution in [0.2, 0.25) is 0 Å². The van der Waals surface area contributed by atoms with Crippen LogP contribution < -0.4 is 0 Å². The Hall–Kier alpha value is -2.47. The summed E-state index contributed by atoms with van der Waals surface area (Å²) in [5, 5.41) is 0. The molecule has 0 spiro atoms. The highest BCUT2D eigenvalue weighted by Gasteiger charge is 2.17. The van der Waals surface area contributed by atoms with Crippen molar-refractivity contribution in [1.82, 2.24) is 4.90 Å². The maximum absolute atomic E-state index is 11.5. The van der Waals surface area contributed by atoms with Gasteiger partial charge in [-0.05, 0) is 13.8 Å². The Bertz CT molecular complexity index is 413. The quantitative estimate of drug-likeness (QED) is 0.218. The van der Waals surface area contributed by atoms with Crippen molar-refractivity contribution in [3.05, 3.63) is 17.8 Å². The molecule has 0 aromatic heterocycles. The highest BCUT2D eigenvalue weighted by molar-refractivity contribution is 6.26. The lowest BCUT2D eigenvalue weighted by atomic mass is 10.4. The molecule has 0 N–H and O–H groups in total. The predicted molar refractivity (Wildman–Crippen MR) is 64.2 cm³/mol. The first kappa shape index (κ1) is 16.5. The van der Waals surface area contributed by atoms with Crippen LogP contribution in [-0.2, 0) is 19.1 Å². The molecule has 0 saturated carbocycles. The fourth-order valence-corrected chi connectivity index (χ4v) is 0.999. The molecule has 0 aliphatic rings. The predicted octanol–water partition coefficient (Wildman–Crippen LogP) is 0.391. The number of hydrogen-bond acceptors (Lipinski definition) is 5. The molecule has 0 radical (unpaired) electrons. The minimum atomic E-state index is -0.803. The summed E-state index contributed by atoms with van der Waals surface area (Å²) in [4.78, 5) is 37.2. The number of esters is 1. The second kappa shape index (κ2) is 9.55. The molecule has 0 aliphatic carbocycles. The van der Waals surface area contributed by atoms with Gasteiger partial charge in [-0.15, -0.1) is 0 Å². The Balaban J connectivity index is 4.76. The molecule has 0 fully saturated rings. The first-order valence-corrected chi connectivity index (χ1v) is 5.53. The molecular formula is C11H15N3O5. The van der Waals surface area contributed by atoms with E-state index >= 15 is 0 Å². The van der Waals surface area contributed by atoms with Crippen molar-refractivity contribution in [2.45, 2.75) is 13.8 Å². The first-order chi connectivity index (χ1) is 9.04. The van der Waals surface area contributed by atoms with Crippen LogP contribution in [0, 0.1) is 0 Å². The summed E-state index contributed by atoms with van der Waals surface area (Å²) in [6.45, 7) is 3.13. The van der Waals surface area contributed by atoms with Gasteiger partial charge in [0.2, 0.25) is 0 Å². The zero-order valence-electron chi connectivity index (χ0n) is 10.7. The van der Waals surface area contributed by atoms with E-state index in [0.29, 0.717) is 6.21 Å². The molecule has 0 bridgehead atoms. The van der Waals surface area contributed by atoms with Crippen molar-refractivity contribution in [1.29, 1.82) is 0 Å². The highest BCUT2D eigenvalue weighted by atomic mass is 16.6. The summed E-state index contributed by atoms with van der Waals surface area (Å²) in [6.07, 6.45) is 1.90. The Morgan fingerprint density at radius 3 is 2.37 bits per heavy atom. The molecule has 19 heavy (non-hydrogen) atoms. The number of amides is 1. The van der Waals surface area contributed by atoms with Gasteiger partial charge in [0.15, 0.2) is 0 Å². The van der Waals surface area contributed by atoms with Crippen LogP contribution in [0.4, 0.5) is 4.79 Å². The van der Waals surface area contributed by atoms with Gasteiger partial charge >= 0.3 is 18.3 Å². The second-order valence-electron chi connectivity index (χ2n) is 3.11. The van der Waals surface area contributed by atoms with Crippen molar-refractivity contribution in [2.24, 2.45) is 0 Å². The lowest BCUT2D eigenvalue weighted by Gasteiger charge is -2.14. The summed E-state index contributed by atoms with van der Waals surface area (Å²) in [7, 11) is 0. The maximum atomic E-state index is 11.5. The molecule has 0 saturated heterocycles. The van der Waals surface area contributed by atoms with Gasteiger partial charge in [0.05, 0.1) is 19.8 Å². The van der Waals surface area contributed by atoms with E-state index in [1.807, 2.05) is 0 Å². The van der Waals surface area contributed by atoms with E-state index in [0.717, 1.165) is 17.2 Å². The molecule has 0 heterocycles. The number of hydrogen-bond donors (Lipinski definition) is 0. The maximum Gasteiger partial charge on any atom is 0.414 e. The van der Waals surface area contributed by atoms with E-state index in [-0.39, 0.29) is 13.2 Å². The lowest BCUT2D eigenvalue weighted by molar-refractivity contribution is -0.137. The number of nitrogens with zero attached hydrogens (tertiary/aromatic N) is 3. The summed E-state index contributed by atoms with van der Waals surface area (Å²) in [5.74, 6) is -1.29. The van der Waals surface area contributed by atoms with E-state index in [9.17, 15) is 14.4 Å². The average molecular weight is 269 g/mol. The van der Waals surface area contributed by atoms with Crippen LogP contribution >= 0.6 is 0 Å². The van der Waals surface area contributed by atoms with Crippen molar-refractivity contribution < 1.29 is 28.6 Å². The minimum Gasteiger partial charge on any atom is -0.463 e. The van der Waals surface area contributed by atoms with E-state index in [2.05, 4.69) is 9.53 Å². The fourth-order valence-electron chi connectivity index (χ4n) is 0.999. The molecule has 0 atom stereocenters. The fraction of sp³-hybridized carbons (Fsp3) is 0.455. The molecule has 0 unspecified atom stereocenters. The minimum absolute atomic E-state index is 0.116. The van der Waals surface area contributed by atoms with Gasteiger partial charge in [-0.1, -0.05) is 0 Å². The third-order valence-corrected chi connectivity index (χ3v) is 1.71. The van der Waals surface area contributed by atoms with E-state index < -0.39 is 24.4 Å². The van der Waals surface area contributed by atoms with E-state index in [4.69, 9.17) is 10.3 Å². The summed E-state index contributed by atoms with van der Waals surface area (Å²) in [5.41, 5.74) is 8.20. The molecule has 0 rings (SSSR count). The smallest absolute Gasteiger partial charge is 0.414 e. The lowest BCUT2D eigenvalue weighted by Crippen LogP contribution is -2.32. The Morgan fingerprint density at radius 2 is 1.84 bits per heavy atom. The van der Waals surface area contributed by atoms with Gasteiger partial charge in [-0.25, -0.2) is 9.59 Å². The van der Waals surface area contributed by atoms with Crippen LogP contribution in [0.1, 0.15) is 13.8 Å². The van der Waals surface area contributed by atoms with E-state index in [1.165, 1.54) is 0 Å². The van der Waals surface area contributed by atoms with E-state index in [1.54, 1.807) is 13.8 Å². The topological polar surface area (TPSA) is 109 Å². The summed E-state index contributed by atoms with van der Waals surface area (Å²) in [6, 6.07) is 0. The van der Waals surface area contributed by atoms with Gasteiger partial charge in [0.25, 0.3) is 5.78 Å². The van der Waals surface area contributed by atoms with Crippen LogP contribution in [0.3, 0.4) is 0 Å². The third-order valence-electron chi connectivity index (χ3n) is 1.71. The number of carbonyl (C=O) groups is 3. The normalized spacial score (nSPS) is 9.58. The molecule has 0 aromatic rings. The molecule has 104 valence electrons. The number of rotatable bonds is 7. The van der Waals surface area contributed by atoms with Crippen LogP contribution in [-0.4, -0.2) is 53.5 Å². The Morgan fingerprint density at radius 1 is 1.21 bits per heavy atom. The van der Waals surface area contributed by atoms with Crippen LogP contribution in [0.25, 0.3) is 5.53 Å². The SMILES string of the molecule is CCOC(=O)/C=C/N(CC(=O)C=[N+]=[N-])C(=O)OCC. The molecule has 8 nitrogen and oxygen atoms in total. The average Bonchev–Trinajstić information content (AvgIpc) is 2.35. The van der Waals surface area contributed by atoms with Gasteiger partial charge < -0.3 is 15.0 Å². The van der Waals surface area contributed by atoms with Crippen molar-refractivity contribution in [3.8, 4) is 0 Å². The molecule has 0 aliphatic heterocycles. The van der Waals surface area contributed by atoms with Crippen molar-refractivity contribution in [2.75, 3.05) is 19.8 Å². The largest absolute Gasteiger partial charge is 0.463 e. The van der Waals surface area contributed by atoms with Gasteiger partial charge in [0, 0.05) is 12.3 Å². The Labute approximate surface area is 110 Å². The number of ketones is 1. The zero-order valence-corrected chi connectivity index (χ0v) is 10.7. The molecular weight excluding hydrogens is 254 g/mol. The molecule has 8 heteroatoms. The third kappa shape index (κ3) is 7.45. The van der Waals surface area contributed by atoms with Gasteiger partial charge in [-0.3, -0.25) is 9.69 Å². The molecule has 0 aromatic carbocycles. The molecule has 1 amide bonds. The number of carbonyl (C=O) groups excluding carboxylic acids is 3. The van der Waals surface area contributed by atoms with Gasteiger partial charge in [-0.2, -0.15) is 4.79 Å². The standard InChI is InChI=1S/C11H15N3O5/c1-3-18-10(16)5-6-14(11(17)19-4-2)8-9(15)7-13-12/h5-7H,3-4,8H2,1-2H3/b6-5+.